The molecule has 1 aliphatic rings. The molecular weight excluding hydrogens is 451 g/mol. The zero-order valence-electron chi connectivity index (χ0n) is 16.4. The van der Waals surface area contributed by atoms with Gasteiger partial charge in [-0.3, -0.25) is 4.99 Å². The van der Waals surface area contributed by atoms with Gasteiger partial charge in [-0.1, -0.05) is 20.8 Å². The van der Waals surface area contributed by atoms with Gasteiger partial charge in [0.15, 0.2) is 5.96 Å². The number of rotatable bonds is 8. The van der Waals surface area contributed by atoms with Crippen LogP contribution in [0.5, 0.6) is 0 Å². The lowest BCUT2D eigenvalue weighted by Gasteiger charge is -2.32. The van der Waals surface area contributed by atoms with Crippen molar-refractivity contribution in [1.82, 2.24) is 14.9 Å². The van der Waals surface area contributed by atoms with Crippen LogP contribution in [0.2, 0.25) is 0 Å². The minimum Gasteiger partial charge on any atom is -0.356 e. The average Bonchev–Trinajstić information content (AvgIpc) is 2.52. The summed E-state index contributed by atoms with van der Waals surface area (Å²) in [6.45, 7) is 8.27. The molecule has 8 heteroatoms. The van der Waals surface area contributed by atoms with Crippen molar-refractivity contribution in [3.05, 3.63) is 0 Å². The van der Waals surface area contributed by atoms with Gasteiger partial charge < -0.3 is 10.6 Å². The fourth-order valence-electron chi connectivity index (χ4n) is 3.34. The Labute approximate surface area is 171 Å². The first-order valence-electron chi connectivity index (χ1n) is 9.20. The molecule has 25 heavy (non-hydrogen) atoms. The Balaban J connectivity index is 0.00000576. The van der Waals surface area contributed by atoms with Crippen molar-refractivity contribution in [2.45, 2.75) is 58.9 Å². The largest absolute Gasteiger partial charge is 0.356 e. The highest BCUT2D eigenvalue weighted by Crippen LogP contribution is 2.29. The molecule has 0 amide bonds. The molecule has 0 spiro atoms. The van der Waals surface area contributed by atoms with Crippen LogP contribution in [0.25, 0.3) is 0 Å². The first kappa shape index (κ1) is 24.9. The molecule has 0 atom stereocenters. The summed E-state index contributed by atoms with van der Waals surface area (Å²) in [5.41, 5.74) is 0. The molecule has 0 saturated heterocycles. The van der Waals surface area contributed by atoms with Crippen LogP contribution in [0.15, 0.2) is 4.99 Å². The van der Waals surface area contributed by atoms with E-state index in [1.165, 1.54) is 36.2 Å². The summed E-state index contributed by atoms with van der Waals surface area (Å²) < 4.78 is 24.6. The number of halogens is 1. The van der Waals surface area contributed by atoms with Crippen LogP contribution in [-0.2, 0) is 10.0 Å². The van der Waals surface area contributed by atoms with E-state index < -0.39 is 10.0 Å². The topological polar surface area (TPSA) is 73.8 Å². The minimum absolute atomic E-state index is 0. The SMILES string of the molecule is CCN(CCCNC(=NC)NC1CCC(C(C)C)CC1)S(C)(=O)=O.I. The second kappa shape index (κ2) is 12.3. The number of hydrogen-bond donors (Lipinski definition) is 2. The fourth-order valence-corrected chi connectivity index (χ4v) is 4.27. The summed E-state index contributed by atoms with van der Waals surface area (Å²) >= 11 is 0. The number of aliphatic imine (C=N–C) groups is 1. The molecule has 150 valence electrons. The molecule has 0 aliphatic heterocycles. The molecule has 1 fully saturated rings. The maximum Gasteiger partial charge on any atom is 0.211 e. The van der Waals surface area contributed by atoms with E-state index in [1.54, 1.807) is 7.05 Å². The monoisotopic (exact) mass is 488 g/mol. The van der Waals surface area contributed by atoms with Gasteiger partial charge in [0, 0.05) is 32.7 Å². The van der Waals surface area contributed by atoms with Gasteiger partial charge in [0.2, 0.25) is 10.0 Å². The molecule has 1 saturated carbocycles. The third-order valence-corrected chi connectivity index (χ3v) is 6.36. The lowest BCUT2D eigenvalue weighted by Crippen LogP contribution is -2.45. The van der Waals surface area contributed by atoms with Crippen LogP contribution >= 0.6 is 24.0 Å². The van der Waals surface area contributed by atoms with Crippen molar-refractivity contribution >= 4 is 40.0 Å². The van der Waals surface area contributed by atoms with Crippen molar-refractivity contribution in [2.75, 3.05) is 32.9 Å². The lowest BCUT2D eigenvalue weighted by molar-refractivity contribution is 0.250. The molecule has 2 N–H and O–H groups in total. The van der Waals surface area contributed by atoms with E-state index in [9.17, 15) is 8.42 Å². The molecule has 0 aromatic rings. The first-order chi connectivity index (χ1) is 11.3. The molecule has 0 unspecified atom stereocenters. The van der Waals surface area contributed by atoms with Crippen LogP contribution in [0.4, 0.5) is 0 Å². The van der Waals surface area contributed by atoms with Gasteiger partial charge >= 0.3 is 0 Å². The number of nitrogens with one attached hydrogen (secondary N) is 2. The zero-order chi connectivity index (χ0) is 18.2. The Morgan fingerprint density at radius 2 is 1.84 bits per heavy atom. The van der Waals surface area contributed by atoms with Gasteiger partial charge in [-0.25, -0.2) is 12.7 Å². The van der Waals surface area contributed by atoms with Crippen molar-refractivity contribution in [1.29, 1.82) is 0 Å². The predicted molar refractivity (Wildman–Crippen MR) is 117 cm³/mol. The number of nitrogens with zero attached hydrogens (tertiary/aromatic N) is 2. The summed E-state index contributed by atoms with van der Waals surface area (Å²) in [7, 11) is -1.31. The molecule has 0 heterocycles. The van der Waals surface area contributed by atoms with Crippen LogP contribution < -0.4 is 10.6 Å². The summed E-state index contributed by atoms with van der Waals surface area (Å²) in [5, 5.41) is 6.80. The molecule has 0 aromatic carbocycles. The molecule has 1 rings (SSSR count). The molecule has 1 aliphatic carbocycles. The molecular formula is C17H37IN4O2S. The second-order valence-corrected chi connectivity index (χ2v) is 9.09. The highest BCUT2D eigenvalue weighted by molar-refractivity contribution is 14.0. The van der Waals surface area contributed by atoms with Crippen molar-refractivity contribution in [3.8, 4) is 0 Å². The lowest BCUT2D eigenvalue weighted by atomic mass is 9.80. The van der Waals surface area contributed by atoms with E-state index >= 15 is 0 Å². The fraction of sp³-hybridized carbons (Fsp3) is 0.941. The van der Waals surface area contributed by atoms with Gasteiger partial charge in [0.25, 0.3) is 0 Å². The standard InChI is InChI=1S/C17H36N4O2S.HI/c1-6-21(24(5,22)23)13-7-12-19-17(18-4)20-16-10-8-15(9-11-16)14(2)3;/h14-16H,6-13H2,1-5H3,(H2,18,19,20);1H. The van der Waals surface area contributed by atoms with Crippen LogP contribution in [-0.4, -0.2) is 57.7 Å². The summed E-state index contributed by atoms with van der Waals surface area (Å²) in [5.74, 6) is 2.46. The summed E-state index contributed by atoms with van der Waals surface area (Å²) in [6.07, 6.45) is 6.99. The Morgan fingerprint density at radius 3 is 2.28 bits per heavy atom. The number of hydrogen-bond acceptors (Lipinski definition) is 3. The maximum atomic E-state index is 11.6. The normalized spacial score (nSPS) is 22.0. The van der Waals surface area contributed by atoms with Crippen LogP contribution in [0.1, 0.15) is 52.9 Å². The van der Waals surface area contributed by atoms with E-state index in [0.29, 0.717) is 25.7 Å². The first-order valence-corrected chi connectivity index (χ1v) is 11.0. The second-order valence-electron chi connectivity index (χ2n) is 7.11. The van der Waals surface area contributed by atoms with Crippen LogP contribution in [0, 0.1) is 11.8 Å². The van der Waals surface area contributed by atoms with E-state index in [1.807, 2.05) is 6.92 Å². The Hall–Kier alpha value is -0.0900. The van der Waals surface area contributed by atoms with E-state index in [0.717, 1.165) is 24.2 Å². The van der Waals surface area contributed by atoms with E-state index in [2.05, 4.69) is 29.5 Å². The van der Waals surface area contributed by atoms with Gasteiger partial charge in [-0.2, -0.15) is 0 Å². The van der Waals surface area contributed by atoms with Gasteiger partial charge in [0.1, 0.15) is 0 Å². The zero-order valence-corrected chi connectivity index (χ0v) is 19.6. The molecule has 6 nitrogen and oxygen atoms in total. The van der Waals surface area contributed by atoms with Crippen molar-refractivity contribution < 1.29 is 8.42 Å². The van der Waals surface area contributed by atoms with Gasteiger partial charge in [-0.15, -0.1) is 24.0 Å². The van der Waals surface area contributed by atoms with E-state index in [-0.39, 0.29) is 24.0 Å². The Kier molecular flexibility index (Phi) is 12.3. The third kappa shape index (κ3) is 9.42. The summed E-state index contributed by atoms with van der Waals surface area (Å²) in [6, 6.07) is 0.495. The maximum absolute atomic E-state index is 11.6. The summed E-state index contributed by atoms with van der Waals surface area (Å²) in [4.78, 5) is 4.28. The van der Waals surface area contributed by atoms with Gasteiger partial charge in [0.05, 0.1) is 6.26 Å². The number of guanidine groups is 1. The van der Waals surface area contributed by atoms with Crippen molar-refractivity contribution in [3.63, 3.8) is 0 Å². The highest BCUT2D eigenvalue weighted by Gasteiger charge is 2.23. The third-order valence-electron chi connectivity index (χ3n) is 4.98. The number of sulfonamides is 1. The minimum atomic E-state index is -3.10. The van der Waals surface area contributed by atoms with Gasteiger partial charge in [-0.05, 0) is 43.9 Å². The molecule has 0 bridgehead atoms. The highest BCUT2D eigenvalue weighted by atomic mass is 127. The predicted octanol–water partition coefficient (Wildman–Crippen LogP) is 2.66. The quantitative estimate of drug-likeness (QED) is 0.239. The Bertz CT molecular complexity index is 489. The average molecular weight is 488 g/mol. The smallest absolute Gasteiger partial charge is 0.211 e. The molecule has 0 aromatic heterocycles. The Morgan fingerprint density at radius 1 is 1.24 bits per heavy atom. The van der Waals surface area contributed by atoms with Crippen molar-refractivity contribution in [2.24, 2.45) is 16.8 Å². The molecule has 0 radical (unpaired) electrons. The van der Waals surface area contributed by atoms with E-state index in [4.69, 9.17) is 0 Å². The van der Waals surface area contributed by atoms with Crippen LogP contribution in [0.3, 0.4) is 0 Å².